The van der Waals surface area contributed by atoms with Gasteiger partial charge in [0.25, 0.3) is 0 Å². The van der Waals surface area contributed by atoms with Crippen LogP contribution in [0.15, 0.2) is 42.6 Å². The van der Waals surface area contributed by atoms with Crippen LogP contribution >= 0.6 is 11.6 Å². The normalized spacial score (nSPS) is 26.9. The summed E-state index contributed by atoms with van der Waals surface area (Å²) < 4.78 is 43.4. The molecular weight excluding hydrogens is 654 g/mol. The quantitative estimate of drug-likeness (QED) is 0.264. The van der Waals surface area contributed by atoms with E-state index in [1.54, 1.807) is 44.0 Å². The van der Waals surface area contributed by atoms with E-state index in [-0.39, 0.29) is 36.4 Å². The summed E-state index contributed by atoms with van der Waals surface area (Å²) in [5.74, 6) is -0.267. The first-order chi connectivity index (χ1) is 23.4. The minimum absolute atomic E-state index is 0.0205. The zero-order valence-electron chi connectivity index (χ0n) is 27.7. The van der Waals surface area contributed by atoms with Crippen molar-refractivity contribution in [2.75, 3.05) is 37.7 Å². The number of aliphatic hydroxyl groups excluding tert-OH is 1. The average Bonchev–Trinajstić information content (AvgIpc) is 3.64. The molecule has 5 atom stereocenters. The number of aliphatic hydroxyl groups is 1. The number of halogens is 3. The van der Waals surface area contributed by atoms with Crippen LogP contribution in [-0.4, -0.2) is 104 Å². The van der Waals surface area contributed by atoms with Gasteiger partial charge in [-0.3, -0.25) is 14.8 Å². The van der Waals surface area contributed by atoms with Crippen molar-refractivity contribution < 1.29 is 28.2 Å². The first-order valence-electron chi connectivity index (χ1n) is 16.9. The van der Waals surface area contributed by atoms with Crippen molar-refractivity contribution in [1.29, 1.82) is 0 Å². The zero-order valence-corrected chi connectivity index (χ0v) is 28.5. The average molecular weight is 693 g/mol. The lowest BCUT2D eigenvalue weighted by atomic mass is 9.95. The van der Waals surface area contributed by atoms with Crippen LogP contribution in [0.2, 0.25) is 5.02 Å². The fraction of sp³-hybridized carbons (Fsp3) is 0.500. The Morgan fingerprint density at radius 2 is 1.94 bits per heavy atom. The first-order valence-corrected chi connectivity index (χ1v) is 17.3. The number of amides is 1. The highest BCUT2D eigenvalue weighted by molar-refractivity contribution is 6.36. The fourth-order valence-electron chi connectivity index (χ4n) is 8.36. The predicted octanol–water partition coefficient (Wildman–Crippen LogP) is 6.15. The van der Waals surface area contributed by atoms with Gasteiger partial charge < -0.3 is 19.5 Å². The number of hydrogen-bond acceptors (Lipinski definition) is 9. The summed E-state index contributed by atoms with van der Waals surface area (Å²) in [5.41, 5.74) is -0.519. The van der Waals surface area contributed by atoms with Crippen LogP contribution in [-0.2, 0) is 4.74 Å². The third-order valence-electron chi connectivity index (χ3n) is 10.4. The van der Waals surface area contributed by atoms with Gasteiger partial charge in [-0.25, -0.2) is 13.6 Å². The zero-order chi connectivity index (χ0) is 34.2. The molecule has 13 heteroatoms. The van der Waals surface area contributed by atoms with Crippen LogP contribution in [0.5, 0.6) is 6.01 Å². The van der Waals surface area contributed by atoms with Gasteiger partial charge >= 0.3 is 12.1 Å². The number of benzene rings is 2. The fourth-order valence-corrected chi connectivity index (χ4v) is 8.64. The van der Waals surface area contributed by atoms with Gasteiger partial charge in [0, 0.05) is 48.2 Å². The molecule has 8 rings (SSSR count). The largest absolute Gasteiger partial charge is 0.461 e. The van der Waals surface area contributed by atoms with Crippen molar-refractivity contribution in [1.82, 2.24) is 24.8 Å². The molecule has 4 saturated heterocycles. The Hall–Kier alpha value is -3.87. The number of piperazine rings is 1. The Morgan fingerprint density at radius 3 is 2.71 bits per heavy atom. The lowest BCUT2D eigenvalue weighted by molar-refractivity contribution is 0.00603. The SMILES string of the molecule is CC(C)(C)OC(=O)N1[C@@H]2C[C@@H](O)[C@H]1CN(c1nc(OCC34CCCN3C[C@H](F)C4)nc3c(F)c(-c4cccc5cccc(Cl)c45)ncc13)C2. The van der Waals surface area contributed by atoms with E-state index in [4.69, 9.17) is 26.1 Å². The number of carbonyl (C=O) groups excluding carboxylic acids is 1. The Kier molecular flexibility index (Phi) is 7.84. The van der Waals surface area contributed by atoms with Gasteiger partial charge in [-0.15, -0.1) is 0 Å². The molecule has 49 heavy (non-hydrogen) atoms. The topological polar surface area (TPSA) is 104 Å². The molecule has 4 aliphatic heterocycles. The number of ether oxygens (including phenoxy) is 2. The number of pyridine rings is 1. The maximum atomic E-state index is 16.9. The van der Waals surface area contributed by atoms with Gasteiger partial charge in [-0.1, -0.05) is 41.9 Å². The van der Waals surface area contributed by atoms with Gasteiger partial charge in [0.1, 0.15) is 35.4 Å². The van der Waals surface area contributed by atoms with E-state index in [2.05, 4.69) is 14.9 Å². The minimum atomic E-state index is -0.932. The molecule has 0 saturated carbocycles. The van der Waals surface area contributed by atoms with Crippen LogP contribution in [0, 0.1) is 5.82 Å². The highest BCUT2D eigenvalue weighted by Crippen LogP contribution is 2.42. The summed E-state index contributed by atoms with van der Waals surface area (Å²) in [4.78, 5) is 32.9. The molecule has 1 unspecified atom stereocenters. The van der Waals surface area contributed by atoms with Crippen LogP contribution < -0.4 is 9.64 Å². The Labute approximate surface area is 288 Å². The second-order valence-corrected chi connectivity index (χ2v) is 15.2. The second-order valence-electron chi connectivity index (χ2n) is 14.8. The predicted molar refractivity (Wildman–Crippen MR) is 182 cm³/mol. The van der Waals surface area contributed by atoms with Crippen molar-refractivity contribution in [2.45, 2.75) is 82.0 Å². The summed E-state index contributed by atoms with van der Waals surface area (Å²) in [5, 5.41) is 13.4. The van der Waals surface area contributed by atoms with Crippen molar-refractivity contribution >= 4 is 45.2 Å². The smallest absolute Gasteiger partial charge is 0.411 e. The molecular formula is C36H39ClF2N6O4. The number of carbonyl (C=O) groups is 1. The maximum absolute atomic E-state index is 16.9. The number of alkyl halides is 1. The highest BCUT2D eigenvalue weighted by atomic mass is 35.5. The van der Waals surface area contributed by atoms with E-state index in [0.717, 1.165) is 24.8 Å². The third-order valence-corrected chi connectivity index (χ3v) is 10.7. The highest BCUT2D eigenvalue weighted by Gasteiger charge is 2.51. The molecule has 0 radical (unpaired) electrons. The number of aromatic nitrogens is 3. The standard InChI is InChI=1S/C36H39ClF2N6O4/c1-35(2,3)49-34(47)45-22-13-27(46)26(45)18-43(17-22)32-24-15-40-30(23-9-4-7-20-8-5-10-25(37)28(20)23)29(39)31(24)41-33(42-32)48-19-36-11-6-12-44(36)16-21(38)14-36/h4-5,7-10,15,21-22,26-27,46H,6,11-14,16-19H2,1-3H3/t21-,22-,26-,27-,36?/m1/s1. The maximum Gasteiger partial charge on any atom is 0.411 e. The molecule has 1 amide bonds. The molecule has 2 aromatic carbocycles. The molecule has 10 nitrogen and oxygen atoms in total. The van der Waals surface area contributed by atoms with E-state index in [9.17, 15) is 14.3 Å². The number of fused-ring (bicyclic) bond motifs is 5. The monoisotopic (exact) mass is 692 g/mol. The van der Waals surface area contributed by atoms with Gasteiger partial charge in [0.2, 0.25) is 0 Å². The van der Waals surface area contributed by atoms with Gasteiger partial charge in [-0.05, 0) is 58.0 Å². The molecule has 258 valence electrons. The number of hydrogen-bond donors (Lipinski definition) is 1. The molecule has 6 heterocycles. The van der Waals surface area contributed by atoms with E-state index in [1.165, 1.54) is 0 Å². The summed E-state index contributed by atoms with van der Waals surface area (Å²) in [6, 6.07) is 10.1. The van der Waals surface area contributed by atoms with Crippen LogP contribution in [0.1, 0.15) is 46.5 Å². The van der Waals surface area contributed by atoms with Crippen molar-refractivity contribution in [2.24, 2.45) is 0 Å². The van der Waals surface area contributed by atoms with Crippen LogP contribution in [0.25, 0.3) is 32.9 Å². The van der Waals surface area contributed by atoms with Gasteiger partial charge in [-0.2, -0.15) is 9.97 Å². The number of anilines is 1. The van der Waals surface area contributed by atoms with E-state index >= 15 is 4.39 Å². The molecule has 4 aliphatic rings. The van der Waals surface area contributed by atoms with Crippen LogP contribution in [0.4, 0.5) is 19.4 Å². The second kappa shape index (κ2) is 11.9. The van der Waals surface area contributed by atoms with Crippen LogP contribution in [0.3, 0.4) is 0 Å². The third kappa shape index (κ3) is 5.61. The van der Waals surface area contributed by atoms with E-state index in [1.807, 2.05) is 29.2 Å². The summed E-state index contributed by atoms with van der Waals surface area (Å²) in [6.07, 6.45) is 1.86. The Balaban J connectivity index is 1.21. The molecule has 0 aliphatic carbocycles. The van der Waals surface area contributed by atoms with Crippen molar-refractivity contribution in [3.63, 3.8) is 0 Å². The molecule has 4 fully saturated rings. The Morgan fingerprint density at radius 1 is 1.14 bits per heavy atom. The van der Waals surface area contributed by atoms with Gasteiger partial charge in [0.15, 0.2) is 5.82 Å². The Bertz CT molecular complexity index is 1960. The van der Waals surface area contributed by atoms with E-state index in [0.29, 0.717) is 53.1 Å². The first kappa shape index (κ1) is 32.3. The summed E-state index contributed by atoms with van der Waals surface area (Å²) >= 11 is 6.62. The van der Waals surface area contributed by atoms with Crippen molar-refractivity contribution in [3.8, 4) is 17.3 Å². The van der Waals surface area contributed by atoms with Crippen molar-refractivity contribution in [3.05, 3.63) is 53.4 Å². The number of rotatable bonds is 5. The number of nitrogens with zero attached hydrogens (tertiary/aromatic N) is 6. The molecule has 2 aromatic heterocycles. The summed E-state index contributed by atoms with van der Waals surface area (Å²) in [7, 11) is 0. The lowest BCUT2D eigenvalue weighted by Gasteiger charge is -2.42. The van der Waals surface area contributed by atoms with E-state index < -0.39 is 41.4 Å². The van der Waals surface area contributed by atoms with Gasteiger partial charge in [0.05, 0.1) is 29.1 Å². The summed E-state index contributed by atoms with van der Waals surface area (Å²) in [6.45, 7) is 7.32. The minimum Gasteiger partial charge on any atom is -0.461 e. The molecule has 4 aromatic rings. The molecule has 2 bridgehead atoms. The molecule has 0 spiro atoms. The molecule has 1 N–H and O–H groups in total. The lowest BCUT2D eigenvalue weighted by Crippen LogP contribution is -2.58.